The molecule has 0 aliphatic heterocycles. The number of halogens is 1. The maximum absolute atomic E-state index is 13.0. The predicted octanol–water partition coefficient (Wildman–Crippen LogP) is 1.87. The molecular weight excluding hydrogens is 452 g/mol. The monoisotopic (exact) mass is 472 g/mol. The number of aliphatic hydroxyl groups is 1. The van der Waals surface area contributed by atoms with Crippen molar-refractivity contribution in [2.24, 2.45) is 14.1 Å². The highest BCUT2D eigenvalue weighted by Gasteiger charge is 2.23. The van der Waals surface area contributed by atoms with E-state index in [9.17, 15) is 14.7 Å². The Labute approximate surface area is 180 Å². The topological polar surface area (TPSA) is 91.3 Å². The largest absolute Gasteiger partial charge is 0.457 e. The first-order valence-corrected chi connectivity index (χ1v) is 10.2. The molecule has 0 spiro atoms. The van der Waals surface area contributed by atoms with Gasteiger partial charge in [-0.2, -0.15) is 4.98 Å². The minimum Gasteiger partial charge on any atom is -0.457 e. The van der Waals surface area contributed by atoms with Crippen molar-refractivity contribution in [3.8, 4) is 6.01 Å². The van der Waals surface area contributed by atoms with Gasteiger partial charge in [-0.25, -0.2) is 4.79 Å². The molecule has 30 heavy (non-hydrogen) atoms. The summed E-state index contributed by atoms with van der Waals surface area (Å²) in [5.41, 5.74) is 1.48. The lowest BCUT2D eigenvalue weighted by Gasteiger charge is -2.19. The van der Waals surface area contributed by atoms with Crippen molar-refractivity contribution in [2.75, 3.05) is 6.61 Å². The Hall–Kier alpha value is -2.91. The van der Waals surface area contributed by atoms with Gasteiger partial charge in [-0.3, -0.25) is 18.5 Å². The van der Waals surface area contributed by atoms with E-state index in [4.69, 9.17) is 4.74 Å². The van der Waals surface area contributed by atoms with Crippen LogP contribution in [0.1, 0.15) is 12.0 Å². The smallest absolute Gasteiger partial charge is 0.332 e. The zero-order valence-corrected chi connectivity index (χ0v) is 18.2. The molecule has 1 aromatic carbocycles. The second-order valence-electron chi connectivity index (χ2n) is 7.22. The molecule has 0 radical (unpaired) electrons. The third-order valence-corrected chi connectivity index (χ3v) is 5.62. The highest BCUT2D eigenvalue weighted by Crippen LogP contribution is 2.24. The lowest BCUT2D eigenvalue weighted by molar-refractivity contribution is 0.212. The predicted molar refractivity (Wildman–Crippen MR) is 117 cm³/mol. The fourth-order valence-electron chi connectivity index (χ4n) is 3.52. The van der Waals surface area contributed by atoms with Gasteiger partial charge in [-0.15, -0.1) is 0 Å². The SMILES string of the molecule is Cn1c(=O)c2c(nc(OC3C=CC=C(CO)C3)n2Cc2cccc(Br)c2)n(C)c1=O. The van der Waals surface area contributed by atoms with E-state index in [2.05, 4.69) is 20.9 Å². The number of fused-ring (bicyclic) bond motifs is 1. The summed E-state index contributed by atoms with van der Waals surface area (Å²) in [5.74, 6) is 0. The molecule has 2 heterocycles. The molecule has 1 unspecified atom stereocenters. The summed E-state index contributed by atoms with van der Waals surface area (Å²) in [6.07, 6.45) is 5.74. The van der Waals surface area contributed by atoms with E-state index in [0.29, 0.717) is 18.5 Å². The number of rotatable bonds is 5. The van der Waals surface area contributed by atoms with Crippen LogP contribution in [0, 0.1) is 0 Å². The summed E-state index contributed by atoms with van der Waals surface area (Å²) in [6, 6.07) is 7.98. The lowest BCUT2D eigenvalue weighted by atomic mass is 10.0. The molecule has 9 heteroatoms. The van der Waals surface area contributed by atoms with Crippen LogP contribution in [0.5, 0.6) is 6.01 Å². The fraction of sp³-hybridized carbons (Fsp3) is 0.286. The van der Waals surface area contributed by atoms with Gasteiger partial charge >= 0.3 is 5.69 Å². The van der Waals surface area contributed by atoms with E-state index >= 15 is 0 Å². The van der Waals surface area contributed by atoms with Gasteiger partial charge in [0.05, 0.1) is 13.2 Å². The van der Waals surface area contributed by atoms with Crippen LogP contribution < -0.4 is 16.0 Å². The maximum Gasteiger partial charge on any atom is 0.332 e. The molecule has 0 amide bonds. The molecule has 4 rings (SSSR count). The molecule has 0 bridgehead atoms. The van der Waals surface area contributed by atoms with E-state index in [1.807, 2.05) is 42.5 Å². The van der Waals surface area contributed by atoms with E-state index < -0.39 is 11.2 Å². The molecule has 0 fully saturated rings. The lowest BCUT2D eigenvalue weighted by Crippen LogP contribution is -2.37. The van der Waals surface area contributed by atoms with Crippen molar-refractivity contribution >= 4 is 27.1 Å². The summed E-state index contributed by atoms with van der Waals surface area (Å²) in [7, 11) is 3.03. The zero-order valence-electron chi connectivity index (χ0n) is 16.6. The molecule has 1 aliphatic carbocycles. The minimum absolute atomic E-state index is 0.0479. The van der Waals surface area contributed by atoms with Gasteiger partial charge in [0, 0.05) is 25.0 Å². The first-order valence-electron chi connectivity index (χ1n) is 9.43. The molecule has 1 aliphatic rings. The number of hydrogen-bond donors (Lipinski definition) is 1. The third kappa shape index (κ3) is 3.66. The Morgan fingerprint density at radius 2 is 2.07 bits per heavy atom. The van der Waals surface area contributed by atoms with Crippen LogP contribution >= 0.6 is 15.9 Å². The van der Waals surface area contributed by atoms with Gasteiger partial charge in [0.2, 0.25) is 0 Å². The van der Waals surface area contributed by atoms with Crippen molar-refractivity contribution in [1.82, 2.24) is 18.7 Å². The molecule has 1 atom stereocenters. The Morgan fingerprint density at radius 3 is 2.80 bits per heavy atom. The number of aryl methyl sites for hydroxylation is 1. The highest BCUT2D eigenvalue weighted by atomic mass is 79.9. The number of aliphatic hydroxyl groups excluding tert-OH is 1. The maximum atomic E-state index is 13.0. The van der Waals surface area contributed by atoms with Gasteiger partial charge in [0.25, 0.3) is 11.6 Å². The van der Waals surface area contributed by atoms with Gasteiger partial charge in [0.15, 0.2) is 11.2 Å². The van der Waals surface area contributed by atoms with Gasteiger partial charge < -0.3 is 9.84 Å². The number of benzene rings is 1. The van der Waals surface area contributed by atoms with Gasteiger partial charge in [-0.1, -0.05) is 40.2 Å². The number of hydrogen-bond acceptors (Lipinski definition) is 5. The van der Waals surface area contributed by atoms with Crippen molar-refractivity contribution in [1.29, 1.82) is 0 Å². The number of nitrogens with zero attached hydrogens (tertiary/aromatic N) is 4. The van der Waals surface area contributed by atoms with Crippen molar-refractivity contribution in [2.45, 2.75) is 19.1 Å². The van der Waals surface area contributed by atoms with Gasteiger partial charge in [0.1, 0.15) is 6.10 Å². The average molecular weight is 473 g/mol. The second kappa shape index (κ2) is 8.08. The van der Waals surface area contributed by atoms with Crippen LogP contribution in [0.4, 0.5) is 0 Å². The molecular formula is C21H21BrN4O4. The number of ether oxygens (including phenoxy) is 1. The molecule has 156 valence electrons. The molecule has 1 N–H and O–H groups in total. The number of allylic oxidation sites excluding steroid dienone is 2. The van der Waals surface area contributed by atoms with E-state index in [0.717, 1.165) is 20.2 Å². The number of aromatic nitrogens is 4. The molecule has 0 saturated heterocycles. The van der Waals surface area contributed by atoms with Crippen molar-refractivity contribution in [3.05, 3.63) is 78.9 Å². The highest BCUT2D eigenvalue weighted by molar-refractivity contribution is 9.10. The molecule has 3 aromatic rings. The zero-order chi connectivity index (χ0) is 21.4. The third-order valence-electron chi connectivity index (χ3n) is 5.12. The summed E-state index contributed by atoms with van der Waals surface area (Å²) in [6.45, 7) is 0.297. The summed E-state index contributed by atoms with van der Waals surface area (Å²) in [5, 5.41) is 9.43. The van der Waals surface area contributed by atoms with Crippen LogP contribution in [-0.2, 0) is 20.6 Å². The standard InChI is InChI=1S/C21H21BrN4O4/c1-24-18-17(19(28)25(2)21(24)29)26(11-13-5-3-7-15(22)9-13)20(23-18)30-16-8-4-6-14(10-16)12-27/h3-9,16,27H,10-12H2,1-2H3. The number of imidazole rings is 1. The van der Waals surface area contributed by atoms with Gasteiger partial charge in [-0.05, 0) is 29.3 Å². The van der Waals surface area contributed by atoms with Crippen LogP contribution in [0.2, 0.25) is 0 Å². The Kier molecular flexibility index (Phi) is 5.48. The fourth-order valence-corrected chi connectivity index (χ4v) is 3.97. The van der Waals surface area contributed by atoms with Crippen LogP contribution in [0.15, 0.2) is 62.1 Å². The summed E-state index contributed by atoms with van der Waals surface area (Å²) >= 11 is 3.47. The first-order chi connectivity index (χ1) is 14.4. The Morgan fingerprint density at radius 1 is 1.27 bits per heavy atom. The molecule has 0 saturated carbocycles. The normalized spacial score (nSPS) is 16.1. The van der Waals surface area contributed by atoms with Crippen molar-refractivity contribution < 1.29 is 9.84 Å². The second-order valence-corrected chi connectivity index (χ2v) is 8.13. The minimum atomic E-state index is -0.450. The Bertz CT molecular complexity index is 1300. The van der Waals surface area contributed by atoms with Crippen LogP contribution in [-0.4, -0.2) is 36.5 Å². The van der Waals surface area contributed by atoms with E-state index in [1.54, 1.807) is 11.6 Å². The van der Waals surface area contributed by atoms with Crippen LogP contribution in [0.3, 0.4) is 0 Å². The van der Waals surface area contributed by atoms with Crippen molar-refractivity contribution in [3.63, 3.8) is 0 Å². The molecule has 8 nitrogen and oxygen atoms in total. The quantitative estimate of drug-likeness (QED) is 0.611. The molecule has 2 aromatic heterocycles. The van der Waals surface area contributed by atoms with E-state index in [-0.39, 0.29) is 24.4 Å². The summed E-state index contributed by atoms with van der Waals surface area (Å²) < 4.78 is 11.2. The first kappa shape index (κ1) is 20.4. The summed E-state index contributed by atoms with van der Waals surface area (Å²) in [4.78, 5) is 29.8. The Balaban J connectivity index is 1.86. The van der Waals surface area contributed by atoms with Crippen LogP contribution in [0.25, 0.3) is 11.2 Å². The van der Waals surface area contributed by atoms with E-state index in [1.165, 1.54) is 11.6 Å². The average Bonchev–Trinajstić information content (AvgIpc) is 3.09.